The Morgan fingerprint density at radius 1 is 1.29 bits per heavy atom. The van der Waals surface area contributed by atoms with E-state index in [1.54, 1.807) is 11.3 Å². The summed E-state index contributed by atoms with van der Waals surface area (Å²) in [6, 6.07) is 8.34. The van der Waals surface area contributed by atoms with Gasteiger partial charge in [-0.15, -0.1) is 21.5 Å². The van der Waals surface area contributed by atoms with Crippen LogP contribution in [0.15, 0.2) is 24.3 Å². The Labute approximate surface area is 146 Å². The van der Waals surface area contributed by atoms with Crippen molar-refractivity contribution in [3.63, 3.8) is 0 Å². The summed E-state index contributed by atoms with van der Waals surface area (Å²) in [5.41, 5.74) is 1.10. The molecule has 1 aliphatic rings. The molecular formula is C18H23N5S. The zero-order chi connectivity index (χ0) is 16.5. The number of fused-ring (bicyclic) bond motifs is 2. The number of hydrogen-bond donors (Lipinski definition) is 1. The molecule has 3 aromatic rings. The number of nitrogens with one attached hydrogen (secondary N) is 1. The fourth-order valence-corrected chi connectivity index (χ4v) is 4.33. The van der Waals surface area contributed by atoms with E-state index in [0.717, 1.165) is 43.2 Å². The second-order valence-electron chi connectivity index (χ2n) is 6.85. The first-order valence-corrected chi connectivity index (χ1v) is 9.49. The molecule has 1 aromatic carbocycles. The molecule has 126 valence electrons. The molecular weight excluding hydrogens is 318 g/mol. The van der Waals surface area contributed by atoms with Gasteiger partial charge in [-0.25, -0.2) is 4.98 Å². The Morgan fingerprint density at radius 3 is 3.00 bits per heavy atom. The molecule has 4 rings (SSSR count). The molecule has 0 radical (unpaired) electrons. The van der Waals surface area contributed by atoms with Crippen LogP contribution < -0.4 is 5.32 Å². The summed E-state index contributed by atoms with van der Waals surface area (Å²) >= 11 is 1.78. The maximum absolute atomic E-state index is 4.69. The molecule has 0 saturated carbocycles. The molecule has 1 unspecified atom stereocenters. The highest BCUT2D eigenvalue weighted by Crippen LogP contribution is 2.24. The third-order valence-electron chi connectivity index (χ3n) is 4.64. The van der Waals surface area contributed by atoms with E-state index in [2.05, 4.69) is 52.1 Å². The first-order chi connectivity index (χ1) is 11.7. The van der Waals surface area contributed by atoms with Crippen molar-refractivity contribution in [2.75, 3.05) is 6.54 Å². The average Bonchev–Trinajstić information content (AvgIpc) is 3.17. The van der Waals surface area contributed by atoms with Crippen molar-refractivity contribution < 1.29 is 0 Å². The molecule has 1 aliphatic heterocycles. The summed E-state index contributed by atoms with van der Waals surface area (Å²) in [5, 5.41) is 13.5. The summed E-state index contributed by atoms with van der Waals surface area (Å²) in [6.07, 6.45) is 2.22. The van der Waals surface area contributed by atoms with Crippen LogP contribution in [0.1, 0.15) is 42.8 Å². The summed E-state index contributed by atoms with van der Waals surface area (Å²) in [4.78, 5) is 4.69. The molecule has 5 nitrogen and oxygen atoms in total. The minimum Gasteiger partial charge on any atom is -0.314 e. The third-order valence-corrected chi connectivity index (χ3v) is 5.67. The first kappa shape index (κ1) is 15.7. The molecule has 0 fully saturated rings. The van der Waals surface area contributed by atoms with Crippen molar-refractivity contribution in [2.24, 2.45) is 5.92 Å². The number of thiazole rings is 1. The Balaban J connectivity index is 1.35. The van der Waals surface area contributed by atoms with Gasteiger partial charge in [0.25, 0.3) is 0 Å². The van der Waals surface area contributed by atoms with E-state index < -0.39 is 0 Å². The van der Waals surface area contributed by atoms with Crippen molar-refractivity contribution in [3.8, 4) is 0 Å². The third kappa shape index (κ3) is 3.08. The van der Waals surface area contributed by atoms with Crippen LogP contribution in [-0.2, 0) is 19.5 Å². The second-order valence-corrected chi connectivity index (χ2v) is 7.97. The Morgan fingerprint density at radius 2 is 2.17 bits per heavy atom. The van der Waals surface area contributed by atoms with Gasteiger partial charge in [0.1, 0.15) is 16.7 Å². The lowest BCUT2D eigenvalue weighted by molar-refractivity contribution is 0.340. The van der Waals surface area contributed by atoms with Crippen LogP contribution in [0.4, 0.5) is 0 Å². The predicted octanol–water partition coefficient (Wildman–Crippen LogP) is 3.36. The molecule has 0 saturated heterocycles. The van der Waals surface area contributed by atoms with Gasteiger partial charge < -0.3 is 9.88 Å². The van der Waals surface area contributed by atoms with Crippen molar-refractivity contribution in [2.45, 2.75) is 45.7 Å². The topological polar surface area (TPSA) is 55.6 Å². The number of rotatable bonds is 5. The molecule has 3 heterocycles. The molecule has 6 heteroatoms. The Hall–Kier alpha value is -1.79. The van der Waals surface area contributed by atoms with Gasteiger partial charge in [-0.2, -0.15) is 0 Å². The quantitative estimate of drug-likeness (QED) is 0.773. The maximum Gasteiger partial charge on any atom is 0.135 e. The summed E-state index contributed by atoms with van der Waals surface area (Å²) in [5.74, 6) is 3.35. The lowest BCUT2D eigenvalue weighted by Crippen LogP contribution is -2.30. The number of nitrogens with zero attached hydrogens (tertiary/aromatic N) is 4. The number of aromatic nitrogens is 4. The van der Waals surface area contributed by atoms with Gasteiger partial charge in [0, 0.05) is 32.0 Å². The molecule has 1 atom stereocenters. The smallest absolute Gasteiger partial charge is 0.135 e. The molecule has 1 N–H and O–H groups in total. The SMILES string of the molecule is CC(C)c1nnc2n1CC(CNCc1nc3ccccc3s1)CC2. The zero-order valence-electron chi connectivity index (χ0n) is 14.2. The van der Waals surface area contributed by atoms with Crippen molar-refractivity contribution in [1.29, 1.82) is 0 Å². The Kier molecular flexibility index (Phi) is 4.33. The number of benzene rings is 1. The van der Waals surface area contributed by atoms with E-state index in [0.29, 0.717) is 11.8 Å². The van der Waals surface area contributed by atoms with Crippen molar-refractivity contribution in [1.82, 2.24) is 25.1 Å². The van der Waals surface area contributed by atoms with Crippen LogP contribution in [0.2, 0.25) is 0 Å². The van der Waals surface area contributed by atoms with Crippen LogP contribution in [-0.4, -0.2) is 26.3 Å². The van der Waals surface area contributed by atoms with Crippen molar-refractivity contribution >= 4 is 21.6 Å². The monoisotopic (exact) mass is 341 g/mol. The standard InChI is InChI=1S/C18H23N5S/c1-12(2)18-22-21-16-8-7-13(11-23(16)18)9-19-10-17-20-14-5-3-4-6-15(14)24-17/h3-6,12-13,19H,7-11H2,1-2H3. The number of para-hydroxylation sites is 1. The van der Waals surface area contributed by atoms with Crippen molar-refractivity contribution in [3.05, 3.63) is 40.9 Å². The van der Waals surface area contributed by atoms with Crippen LogP contribution in [0.3, 0.4) is 0 Å². The molecule has 0 bridgehead atoms. The van der Waals surface area contributed by atoms with Gasteiger partial charge in [-0.05, 0) is 24.5 Å². The van der Waals surface area contributed by atoms with Gasteiger partial charge in [0.15, 0.2) is 0 Å². The van der Waals surface area contributed by atoms with E-state index in [9.17, 15) is 0 Å². The molecule has 0 spiro atoms. The predicted molar refractivity (Wildman–Crippen MR) is 97.2 cm³/mol. The highest BCUT2D eigenvalue weighted by atomic mass is 32.1. The van der Waals surface area contributed by atoms with Gasteiger partial charge >= 0.3 is 0 Å². The highest BCUT2D eigenvalue weighted by molar-refractivity contribution is 7.18. The Bertz CT molecular complexity index is 802. The van der Waals surface area contributed by atoms with E-state index >= 15 is 0 Å². The van der Waals surface area contributed by atoms with Crippen LogP contribution >= 0.6 is 11.3 Å². The van der Waals surface area contributed by atoms with Crippen LogP contribution in [0.5, 0.6) is 0 Å². The van der Waals surface area contributed by atoms with E-state index in [1.165, 1.54) is 16.1 Å². The molecule has 24 heavy (non-hydrogen) atoms. The van der Waals surface area contributed by atoms with Gasteiger partial charge in [0.05, 0.1) is 10.2 Å². The van der Waals surface area contributed by atoms with Crippen LogP contribution in [0, 0.1) is 5.92 Å². The van der Waals surface area contributed by atoms with Gasteiger partial charge in [-0.3, -0.25) is 0 Å². The summed E-state index contributed by atoms with van der Waals surface area (Å²) in [6.45, 7) is 7.27. The fraction of sp³-hybridized carbons (Fsp3) is 0.500. The lowest BCUT2D eigenvalue weighted by atomic mass is 9.98. The highest BCUT2D eigenvalue weighted by Gasteiger charge is 2.23. The first-order valence-electron chi connectivity index (χ1n) is 8.68. The van der Waals surface area contributed by atoms with Gasteiger partial charge in [-0.1, -0.05) is 26.0 Å². The van der Waals surface area contributed by atoms with E-state index in [1.807, 2.05) is 6.07 Å². The van der Waals surface area contributed by atoms with Gasteiger partial charge in [0.2, 0.25) is 0 Å². The normalized spacial score (nSPS) is 17.5. The zero-order valence-corrected chi connectivity index (χ0v) is 15.0. The number of aryl methyl sites for hydroxylation is 1. The van der Waals surface area contributed by atoms with E-state index in [4.69, 9.17) is 4.98 Å². The minimum atomic E-state index is 0.431. The lowest BCUT2D eigenvalue weighted by Gasteiger charge is -2.25. The molecule has 0 aliphatic carbocycles. The van der Waals surface area contributed by atoms with E-state index in [-0.39, 0.29) is 0 Å². The second kappa shape index (κ2) is 6.61. The summed E-state index contributed by atoms with van der Waals surface area (Å²) < 4.78 is 3.60. The minimum absolute atomic E-state index is 0.431. The molecule has 2 aromatic heterocycles. The van der Waals surface area contributed by atoms with Crippen LogP contribution in [0.25, 0.3) is 10.2 Å². The largest absolute Gasteiger partial charge is 0.314 e. The summed E-state index contributed by atoms with van der Waals surface area (Å²) in [7, 11) is 0. The molecule has 0 amide bonds. The average molecular weight is 341 g/mol. The maximum atomic E-state index is 4.69. The fourth-order valence-electron chi connectivity index (χ4n) is 3.39. The number of hydrogen-bond acceptors (Lipinski definition) is 5.